The molecule has 0 spiro atoms. The minimum absolute atomic E-state index is 0.118. The Hall–Kier alpha value is -1.22. The molecule has 1 rings (SSSR count). The summed E-state index contributed by atoms with van der Waals surface area (Å²) < 4.78 is 10.7. The molecule has 0 fully saturated rings. The van der Waals surface area contributed by atoms with Crippen LogP contribution in [0.1, 0.15) is 32.8 Å². The van der Waals surface area contributed by atoms with E-state index in [0.717, 1.165) is 12.0 Å². The maximum Gasteiger partial charge on any atom is 0.128 e. The molecule has 3 nitrogen and oxygen atoms in total. The van der Waals surface area contributed by atoms with Gasteiger partial charge in [0.1, 0.15) is 11.5 Å². The van der Waals surface area contributed by atoms with Crippen molar-refractivity contribution in [3.8, 4) is 11.5 Å². The van der Waals surface area contributed by atoms with Crippen LogP contribution in [0.2, 0.25) is 0 Å². The van der Waals surface area contributed by atoms with Crippen molar-refractivity contribution in [2.45, 2.75) is 32.8 Å². The van der Waals surface area contributed by atoms with Crippen LogP contribution in [0.4, 0.5) is 0 Å². The lowest BCUT2D eigenvalue weighted by molar-refractivity contribution is -0.00398. The van der Waals surface area contributed by atoms with Gasteiger partial charge in [0, 0.05) is 0 Å². The molecule has 1 aromatic carbocycles. The molecule has 0 aromatic heterocycles. The molecule has 0 aliphatic heterocycles. The van der Waals surface area contributed by atoms with E-state index >= 15 is 0 Å². The predicted octanol–water partition coefficient (Wildman–Crippen LogP) is 2.96. The third-order valence-electron chi connectivity index (χ3n) is 3.51. The lowest BCUT2D eigenvalue weighted by Gasteiger charge is -2.32. The molecule has 0 saturated heterocycles. The average molecular weight is 238 g/mol. The molecule has 96 valence electrons. The number of aliphatic hydroxyl groups is 1. The Kier molecular flexibility index (Phi) is 4.40. The summed E-state index contributed by atoms with van der Waals surface area (Å²) in [5, 5.41) is 10.7. The van der Waals surface area contributed by atoms with Crippen molar-refractivity contribution in [3.05, 3.63) is 23.8 Å². The van der Waals surface area contributed by atoms with Crippen molar-refractivity contribution in [3.63, 3.8) is 0 Å². The van der Waals surface area contributed by atoms with Crippen LogP contribution in [0.25, 0.3) is 0 Å². The summed E-state index contributed by atoms with van der Waals surface area (Å²) in [7, 11) is 3.20. The molecule has 1 aromatic rings. The van der Waals surface area contributed by atoms with E-state index in [1.807, 2.05) is 32.0 Å². The molecule has 0 aliphatic rings. The highest BCUT2D eigenvalue weighted by Gasteiger charge is 2.35. The minimum atomic E-state index is -0.966. The zero-order chi connectivity index (χ0) is 13.1. The highest BCUT2D eigenvalue weighted by Crippen LogP contribution is 2.42. The molecule has 2 atom stereocenters. The van der Waals surface area contributed by atoms with Gasteiger partial charge in [-0.3, -0.25) is 0 Å². The van der Waals surface area contributed by atoms with Gasteiger partial charge in [-0.1, -0.05) is 26.3 Å². The van der Waals surface area contributed by atoms with Crippen LogP contribution >= 0.6 is 0 Å². The van der Waals surface area contributed by atoms with Crippen LogP contribution in [0.3, 0.4) is 0 Å². The highest BCUT2D eigenvalue weighted by molar-refractivity contribution is 5.48. The minimum Gasteiger partial charge on any atom is -0.496 e. The molecule has 2 unspecified atom stereocenters. The van der Waals surface area contributed by atoms with Gasteiger partial charge in [-0.15, -0.1) is 0 Å². The van der Waals surface area contributed by atoms with E-state index in [1.165, 1.54) is 0 Å². The zero-order valence-electron chi connectivity index (χ0n) is 11.3. The van der Waals surface area contributed by atoms with Crippen LogP contribution in [-0.2, 0) is 5.60 Å². The second-order valence-electron chi connectivity index (χ2n) is 4.49. The summed E-state index contributed by atoms with van der Waals surface area (Å²) in [6, 6.07) is 5.54. The second-order valence-corrected chi connectivity index (χ2v) is 4.49. The van der Waals surface area contributed by atoms with Crippen molar-refractivity contribution in [1.82, 2.24) is 0 Å². The lowest BCUT2D eigenvalue weighted by Crippen LogP contribution is -2.30. The lowest BCUT2D eigenvalue weighted by atomic mass is 9.81. The van der Waals surface area contributed by atoms with Crippen LogP contribution in [0.15, 0.2) is 18.2 Å². The van der Waals surface area contributed by atoms with Gasteiger partial charge in [-0.05, 0) is 25.0 Å². The van der Waals surface area contributed by atoms with Crippen LogP contribution in [0.5, 0.6) is 11.5 Å². The van der Waals surface area contributed by atoms with Crippen molar-refractivity contribution < 1.29 is 14.6 Å². The van der Waals surface area contributed by atoms with Gasteiger partial charge in [0.2, 0.25) is 0 Å². The first kappa shape index (κ1) is 13.8. The van der Waals surface area contributed by atoms with Crippen molar-refractivity contribution in [2.24, 2.45) is 5.92 Å². The van der Waals surface area contributed by atoms with Crippen LogP contribution in [-0.4, -0.2) is 19.3 Å². The number of hydrogen-bond donors (Lipinski definition) is 1. The van der Waals surface area contributed by atoms with Crippen molar-refractivity contribution >= 4 is 0 Å². The molecule has 0 bridgehead atoms. The summed E-state index contributed by atoms with van der Waals surface area (Å²) in [5.41, 5.74) is -0.244. The topological polar surface area (TPSA) is 38.7 Å². The molecular formula is C14H22O3. The van der Waals surface area contributed by atoms with Crippen molar-refractivity contribution in [2.75, 3.05) is 14.2 Å². The molecule has 0 radical (unpaired) electrons. The number of ether oxygens (including phenoxy) is 2. The zero-order valence-corrected chi connectivity index (χ0v) is 11.3. The molecule has 0 aliphatic carbocycles. The van der Waals surface area contributed by atoms with Crippen molar-refractivity contribution in [1.29, 1.82) is 0 Å². The Morgan fingerprint density at radius 2 is 1.71 bits per heavy atom. The Labute approximate surface area is 103 Å². The Morgan fingerprint density at radius 3 is 2.06 bits per heavy atom. The maximum atomic E-state index is 10.7. The number of hydrogen-bond acceptors (Lipinski definition) is 3. The summed E-state index contributed by atoms with van der Waals surface area (Å²) in [6.07, 6.45) is 0.883. The van der Waals surface area contributed by atoms with Gasteiger partial charge in [0.05, 0.1) is 25.4 Å². The van der Waals surface area contributed by atoms with E-state index < -0.39 is 5.60 Å². The van der Waals surface area contributed by atoms with E-state index in [-0.39, 0.29) is 5.92 Å². The van der Waals surface area contributed by atoms with E-state index in [1.54, 1.807) is 14.2 Å². The van der Waals surface area contributed by atoms with Gasteiger partial charge in [0.25, 0.3) is 0 Å². The fourth-order valence-corrected chi connectivity index (χ4v) is 1.99. The highest BCUT2D eigenvalue weighted by atomic mass is 16.5. The quantitative estimate of drug-likeness (QED) is 0.857. The van der Waals surface area contributed by atoms with Gasteiger partial charge in [-0.25, -0.2) is 0 Å². The smallest absolute Gasteiger partial charge is 0.128 e. The predicted molar refractivity (Wildman–Crippen MR) is 68.6 cm³/mol. The number of benzene rings is 1. The largest absolute Gasteiger partial charge is 0.496 e. The fourth-order valence-electron chi connectivity index (χ4n) is 1.99. The normalized spacial score (nSPS) is 16.1. The van der Waals surface area contributed by atoms with Gasteiger partial charge in [0.15, 0.2) is 0 Å². The fraction of sp³-hybridized carbons (Fsp3) is 0.571. The first-order valence-corrected chi connectivity index (χ1v) is 5.92. The first-order valence-electron chi connectivity index (χ1n) is 5.92. The average Bonchev–Trinajstić information content (AvgIpc) is 2.36. The van der Waals surface area contributed by atoms with Gasteiger partial charge < -0.3 is 14.6 Å². The van der Waals surface area contributed by atoms with Crippen LogP contribution in [0, 0.1) is 5.92 Å². The molecule has 0 amide bonds. The first-order chi connectivity index (χ1) is 7.98. The molecule has 3 heteroatoms. The number of rotatable bonds is 5. The monoisotopic (exact) mass is 238 g/mol. The Morgan fingerprint density at radius 1 is 1.24 bits per heavy atom. The van der Waals surface area contributed by atoms with Gasteiger partial charge in [-0.2, -0.15) is 0 Å². The van der Waals surface area contributed by atoms with E-state index in [9.17, 15) is 5.11 Å². The third-order valence-corrected chi connectivity index (χ3v) is 3.51. The third kappa shape index (κ3) is 2.55. The molecule has 17 heavy (non-hydrogen) atoms. The number of methoxy groups -OCH3 is 2. The van der Waals surface area contributed by atoms with Crippen LogP contribution < -0.4 is 9.47 Å². The molecular weight excluding hydrogens is 216 g/mol. The Balaban J connectivity index is 3.36. The Bertz CT molecular complexity index is 349. The summed E-state index contributed by atoms with van der Waals surface area (Å²) >= 11 is 0. The summed E-state index contributed by atoms with van der Waals surface area (Å²) in [5.74, 6) is 1.44. The van der Waals surface area contributed by atoms with E-state index in [4.69, 9.17) is 9.47 Å². The molecule has 0 saturated carbocycles. The second kappa shape index (κ2) is 5.41. The molecule has 1 N–H and O–H groups in total. The summed E-state index contributed by atoms with van der Waals surface area (Å²) in [6.45, 7) is 5.88. The maximum absolute atomic E-state index is 10.7. The van der Waals surface area contributed by atoms with E-state index in [0.29, 0.717) is 11.5 Å². The SMILES string of the molecule is CCC(C)C(C)(O)c1c(OC)cccc1OC. The van der Waals surface area contributed by atoms with E-state index in [2.05, 4.69) is 6.92 Å². The summed E-state index contributed by atoms with van der Waals surface area (Å²) in [4.78, 5) is 0. The standard InChI is InChI=1S/C14H22O3/c1-6-10(2)14(3,15)13-11(16-4)8-7-9-12(13)17-5/h7-10,15H,6H2,1-5H3. The van der Waals surface area contributed by atoms with Gasteiger partial charge >= 0.3 is 0 Å². The molecule has 0 heterocycles.